The molecule has 1 aliphatic heterocycles. The van der Waals surface area contributed by atoms with Gasteiger partial charge in [-0.05, 0) is 8.53 Å². The predicted molar refractivity (Wildman–Crippen MR) is 98.5 cm³/mol. The molecule has 0 spiro atoms. The summed E-state index contributed by atoms with van der Waals surface area (Å²) in [4.78, 5) is 61.4. The zero-order valence-corrected chi connectivity index (χ0v) is 18.3. The summed E-state index contributed by atoms with van der Waals surface area (Å²) < 4.78 is 84.1. The largest absolute Gasteiger partial charge is 0.488 e. The summed E-state index contributed by atoms with van der Waals surface area (Å²) in [5.74, 6) is 0. The molecule has 3 unspecified atom stereocenters. The number of rotatable bonds is 9. The van der Waals surface area contributed by atoms with Crippen LogP contribution in [0.1, 0.15) is 8.97 Å². The van der Waals surface area contributed by atoms with Crippen molar-refractivity contribution in [1.82, 2.24) is 9.55 Å². The fraction of sp³-hybridized carbons (Fsp3) is 0.600. The van der Waals surface area contributed by atoms with Gasteiger partial charge in [-0.15, -0.1) is 0 Å². The number of aliphatic hydroxyl groups excluding tert-OH is 1. The first kappa shape index (κ1) is 23.5. The van der Waals surface area contributed by atoms with Crippen LogP contribution >= 0.6 is 31.4 Å². The van der Waals surface area contributed by atoms with E-state index in [0.29, 0.717) is 12.3 Å². The molecule has 0 radical (unpaired) electrons. The van der Waals surface area contributed by atoms with E-state index in [-0.39, 0.29) is 4.57 Å². The van der Waals surface area contributed by atoms with E-state index in [1.807, 2.05) is 0 Å². The van der Waals surface area contributed by atoms with Gasteiger partial charge in [0.05, 0.1) is 9.30 Å². The predicted octanol–water partition coefficient (Wildman–Crippen LogP) is -0.472. The monoisotopic (exact) mass is 536 g/mol. The molecule has 31 heavy (non-hydrogen) atoms. The highest BCUT2D eigenvalue weighted by molar-refractivity contribution is 7.91. The molecule has 1 aliphatic rings. The third kappa shape index (κ3) is 6.68. The summed E-state index contributed by atoms with van der Waals surface area (Å²) in [6.07, 6.45) is -7.25. The van der Waals surface area contributed by atoms with Crippen molar-refractivity contribution in [2.24, 2.45) is 0 Å². The minimum absolute atomic E-state index is 0.257. The molecule has 1 fully saturated rings. The second-order valence-electron chi connectivity index (χ2n) is 5.79. The van der Waals surface area contributed by atoms with E-state index in [2.05, 4.69) is 21.7 Å². The van der Waals surface area contributed by atoms with Gasteiger partial charge in [-0.25, -0.2) is 27.0 Å². The molecular formula is C10H16F2N2O13P4. The zero-order chi connectivity index (χ0) is 25.6. The Hall–Kier alpha value is -0.630. The SMILES string of the molecule is [2H]C([2H])(OP(=O)(O)OP(=O)(O)OP(O)(O)=P)[C@H]1O[C@@H](n2ccc(=O)[nH]c2=O)C(F)(CF)[C@H]1O. The number of halogens is 2. The molecule has 6 atom stereocenters. The lowest BCUT2D eigenvalue weighted by Crippen LogP contribution is -2.47. The van der Waals surface area contributed by atoms with Crippen molar-refractivity contribution >= 4 is 31.4 Å². The first-order chi connectivity index (χ1) is 14.7. The van der Waals surface area contributed by atoms with Gasteiger partial charge < -0.3 is 29.4 Å². The van der Waals surface area contributed by atoms with Gasteiger partial charge in [0.1, 0.15) is 18.9 Å². The van der Waals surface area contributed by atoms with Crippen molar-refractivity contribution in [3.63, 3.8) is 0 Å². The fourth-order valence-corrected chi connectivity index (χ4v) is 6.18. The lowest BCUT2D eigenvalue weighted by atomic mass is 9.97. The number of nitrogens with one attached hydrogen (secondary N) is 1. The maximum absolute atomic E-state index is 15.2. The Bertz CT molecular complexity index is 1160. The summed E-state index contributed by atoms with van der Waals surface area (Å²) in [7, 11) is -14.4. The third-order valence-electron chi connectivity index (χ3n) is 3.48. The number of aliphatic hydroxyl groups is 1. The molecule has 21 heteroatoms. The number of alkyl halides is 2. The highest BCUT2D eigenvalue weighted by Gasteiger charge is 2.59. The zero-order valence-electron chi connectivity index (χ0n) is 16.6. The first-order valence-corrected chi connectivity index (χ1v) is 13.5. The van der Waals surface area contributed by atoms with Crippen molar-refractivity contribution < 1.29 is 63.2 Å². The van der Waals surface area contributed by atoms with Crippen molar-refractivity contribution in [2.75, 3.05) is 13.2 Å². The summed E-state index contributed by atoms with van der Waals surface area (Å²) >= 11 is 0. The van der Waals surface area contributed by atoms with Gasteiger partial charge in [-0.1, -0.05) is 0 Å². The van der Waals surface area contributed by atoms with Crippen molar-refractivity contribution in [3.8, 4) is 0 Å². The van der Waals surface area contributed by atoms with Crippen LogP contribution in [0.4, 0.5) is 8.78 Å². The minimum Gasteiger partial charge on any atom is -0.387 e. The summed E-state index contributed by atoms with van der Waals surface area (Å²) in [5, 5.41) is 10.1. The number of hydrogen-bond donors (Lipinski definition) is 6. The van der Waals surface area contributed by atoms with Crippen molar-refractivity contribution in [2.45, 2.75) is 24.1 Å². The Kier molecular flexibility index (Phi) is 7.07. The van der Waals surface area contributed by atoms with Crippen LogP contribution in [-0.2, 0) is 27.0 Å². The maximum Gasteiger partial charge on any atom is 0.488 e. The van der Waals surface area contributed by atoms with E-state index in [1.165, 1.54) is 0 Å². The molecule has 0 aliphatic carbocycles. The molecule has 1 saturated heterocycles. The molecule has 2 rings (SSSR count). The molecular weight excluding hydrogens is 518 g/mol. The van der Waals surface area contributed by atoms with Gasteiger partial charge in [0.2, 0.25) is 5.67 Å². The van der Waals surface area contributed by atoms with E-state index < -0.39 is 71.5 Å². The number of ether oxygens (including phenoxy) is 1. The van der Waals surface area contributed by atoms with Crippen LogP contribution in [0.3, 0.4) is 0 Å². The molecule has 2 heterocycles. The Labute approximate surface area is 175 Å². The van der Waals surface area contributed by atoms with Gasteiger partial charge >= 0.3 is 21.3 Å². The van der Waals surface area contributed by atoms with Crippen LogP contribution in [0.2, 0.25) is 0 Å². The number of H-pyrrole nitrogens is 1. The standard InChI is InChI=1S/C10H16F2N2O13P4/c11-4-10(12)7(16)5(25-8(10)14-2-1-6(15)13-9(14)17)3-24-29(18,19)26-30(20,21)27-31(22,23)28/h1-2,5,7-8,16,22-23,28H,3-4H2,(H,18,19)(H,20,21)(H,13,15,17)/t5-,7+,8-,10?/m1/s1/i3D2. The van der Waals surface area contributed by atoms with E-state index in [4.69, 9.17) is 17.3 Å². The van der Waals surface area contributed by atoms with E-state index in [0.717, 1.165) is 0 Å². The van der Waals surface area contributed by atoms with Crippen LogP contribution in [0.25, 0.3) is 0 Å². The molecule has 1 aromatic rings. The number of nitrogens with zero attached hydrogens (tertiary/aromatic N) is 1. The fourth-order valence-electron chi connectivity index (χ4n) is 2.29. The first-order valence-electron chi connectivity index (χ1n) is 8.51. The number of aromatic amines is 1. The van der Waals surface area contributed by atoms with E-state index >= 15 is 4.39 Å². The van der Waals surface area contributed by atoms with Crippen LogP contribution in [0.5, 0.6) is 0 Å². The summed E-state index contributed by atoms with van der Waals surface area (Å²) in [6, 6.07) is 0.692. The molecule has 1 aromatic heterocycles. The van der Waals surface area contributed by atoms with Gasteiger partial charge in [-0.2, -0.15) is 4.31 Å². The van der Waals surface area contributed by atoms with E-state index in [9.17, 15) is 38.0 Å². The summed E-state index contributed by atoms with van der Waals surface area (Å²) in [5.41, 5.74) is -5.84. The highest BCUT2D eigenvalue weighted by atomic mass is 31.8. The molecule has 0 amide bonds. The Morgan fingerprint density at radius 3 is 2.42 bits per heavy atom. The molecule has 0 aromatic carbocycles. The Balaban J connectivity index is 2.35. The van der Waals surface area contributed by atoms with E-state index in [1.54, 1.807) is 4.98 Å². The maximum atomic E-state index is 15.2. The lowest BCUT2D eigenvalue weighted by Gasteiger charge is -2.26. The summed E-state index contributed by atoms with van der Waals surface area (Å²) in [6.45, 7) is -5.86. The second kappa shape index (κ2) is 9.32. The molecule has 0 bridgehead atoms. The average Bonchev–Trinajstić information content (AvgIpc) is 2.83. The number of hydrogen-bond acceptors (Lipinski definition) is 9. The van der Waals surface area contributed by atoms with Crippen LogP contribution in [0, 0.1) is 0 Å². The lowest BCUT2D eigenvalue weighted by molar-refractivity contribution is -0.0731. The smallest absolute Gasteiger partial charge is 0.387 e. The number of aromatic nitrogens is 2. The third-order valence-corrected chi connectivity index (χ3v) is 7.94. The van der Waals surface area contributed by atoms with Gasteiger partial charge in [0, 0.05) is 12.3 Å². The highest BCUT2D eigenvalue weighted by Crippen LogP contribution is 2.67. The quantitative estimate of drug-likeness (QED) is 0.220. The molecule has 6 N–H and O–H groups in total. The van der Waals surface area contributed by atoms with Crippen LogP contribution in [-0.4, -0.2) is 65.3 Å². The Morgan fingerprint density at radius 1 is 1.29 bits per heavy atom. The van der Waals surface area contributed by atoms with Gasteiger partial charge in [0.15, 0.2) is 6.23 Å². The van der Waals surface area contributed by atoms with Gasteiger partial charge in [0.25, 0.3) is 12.8 Å². The minimum atomic E-state index is -6.02. The van der Waals surface area contributed by atoms with Crippen molar-refractivity contribution in [3.05, 3.63) is 33.1 Å². The number of phosphoric acid groups is 2. The Morgan fingerprint density at radius 2 is 1.90 bits per heavy atom. The molecule has 0 saturated carbocycles. The average molecular weight is 536 g/mol. The second-order valence-corrected chi connectivity index (χ2v) is 12.0. The normalized spacial score (nSPS) is 32.0. The number of phosphoric ester groups is 1. The van der Waals surface area contributed by atoms with Gasteiger partial charge in [-0.3, -0.25) is 18.9 Å². The van der Waals surface area contributed by atoms with Crippen LogP contribution in [0.15, 0.2) is 21.9 Å². The van der Waals surface area contributed by atoms with Crippen molar-refractivity contribution in [1.29, 1.82) is 0 Å². The molecule has 178 valence electrons. The topological polar surface area (TPSA) is 227 Å². The van der Waals surface area contributed by atoms with Crippen LogP contribution < -0.4 is 11.2 Å². The molecule has 15 nitrogen and oxygen atoms in total.